The zero-order valence-electron chi connectivity index (χ0n) is 19.9. The Morgan fingerprint density at radius 2 is 1.88 bits per heavy atom. The van der Waals surface area contributed by atoms with E-state index in [2.05, 4.69) is 25.3 Å². The van der Waals surface area contributed by atoms with Crippen LogP contribution in [0.3, 0.4) is 0 Å². The second-order valence-corrected chi connectivity index (χ2v) is 9.10. The largest absolute Gasteiger partial charge is 0.490 e. The van der Waals surface area contributed by atoms with Gasteiger partial charge in [-0.25, -0.2) is 0 Å². The first-order chi connectivity index (χ1) is 16.1. The molecule has 1 aromatic carbocycles. The van der Waals surface area contributed by atoms with Crippen LogP contribution in [0.1, 0.15) is 57.6 Å². The number of fused-ring (bicyclic) bond motifs is 1. The lowest BCUT2D eigenvalue weighted by molar-refractivity contribution is -0.135. The first-order valence-electron chi connectivity index (χ1n) is 12.4. The highest BCUT2D eigenvalue weighted by Gasteiger charge is 2.51. The summed E-state index contributed by atoms with van der Waals surface area (Å²) >= 11 is 0. The van der Waals surface area contributed by atoms with E-state index >= 15 is 0 Å². The van der Waals surface area contributed by atoms with E-state index in [1.807, 2.05) is 29.2 Å². The highest BCUT2D eigenvalue weighted by atomic mass is 16.5. The van der Waals surface area contributed by atoms with Crippen molar-refractivity contribution in [1.82, 2.24) is 9.80 Å². The van der Waals surface area contributed by atoms with Gasteiger partial charge in [-0.05, 0) is 63.0 Å². The molecule has 0 saturated heterocycles. The van der Waals surface area contributed by atoms with E-state index in [9.17, 15) is 9.59 Å². The van der Waals surface area contributed by atoms with Crippen LogP contribution in [0, 0.1) is 5.92 Å². The number of ether oxygens (including phenoxy) is 2. The SMILES string of the molecule is C=CCOc1ccc(C2C3=C(OC4CCCCC4C3=O)C(=O)N2CCCN(CC)CC)cc1. The van der Waals surface area contributed by atoms with Gasteiger partial charge in [-0.2, -0.15) is 0 Å². The first-order valence-corrected chi connectivity index (χ1v) is 12.4. The molecule has 1 aliphatic carbocycles. The fourth-order valence-corrected chi connectivity index (χ4v) is 5.38. The quantitative estimate of drug-likeness (QED) is 0.496. The van der Waals surface area contributed by atoms with Gasteiger partial charge in [-0.3, -0.25) is 9.59 Å². The van der Waals surface area contributed by atoms with Crippen LogP contribution in [0.2, 0.25) is 0 Å². The Kier molecular flexibility index (Phi) is 7.53. The molecule has 1 saturated carbocycles. The van der Waals surface area contributed by atoms with Crippen molar-refractivity contribution in [3.63, 3.8) is 0 Å². The first kappa shape index (κ1) is 23.6. The van der Waals surface area contributed by atoms with Crippen molar-refractivity contribution in [2.24, 2.45) is 5.92 Å². The van der Waals surface area contributed by atoms with Crippen LogP contribution in [0.15, 0.2) is 48.3 Å². The van der Waals surface area contributed by atoms with Gasteiger partial charge >= 0.3 is 0 Å². The molecular weight excluding hydrogens is 416 g/mol. The van der Waals surface area contributed by atoms with Crippen molar-refractivity contribution >= 4 is 11.7 Å². The molecule has 0 spiro atoms. The molecule has 0 aromatic heterocycles. The molecule has 4 rings (SSSR count). The summed E-state index contributed by atoms with van der Waals surface area (Å²) in [4.78, 5) is 31.3. The number of benzene rings is 1. The molecule has 1 fully saturated rings. The van der Waals surface area contributed by atoms with E-state index < -0.39 is 6.04 Å². The predicted molar refractivity (Wildman–Crippen MR) is 128 cm³/mol. The second-order valence-electron chi connectivity index (χ2n) is 9.10. The van der Waals surface area contributed by atoms with Gasteiger partial charge in [0.2, 0.25) is 0 Å². The molecule has 3 unspecified atom stereocenters. The molecule has 2 heterocycles. The van der Waals surface area contributed by atoms with E-state index in [0.717, 1.165) is 63.1 Å². The number of Topliss-reactive ketones (excluding diaryl/α,β-unsaturated/α-hetero) is 1. The average molecular weight is 453 g/mol. The van der Waals surface area contributed by atoms with Gasteiger partial charge in [-0.1, -0.05) is 45.1 Å². The number of hydrogen-bond donors (Lipinski definition) is 0. The number of carbonyl (C=O) groups excluding carboxylic acids is 2. The van der Waals surface area contributed by atoms with E-state index in [1.54, 1.807) is 6.08 Å². The Bertz CT molecular complexity index is 903. The van der Waals surface area contributed by atoms with E-state index in [4.69, 9.17) is 9.47 Å². The van der Waals surface area contributed by atoms with Gasteiger partial charge in [0.1, 0.15) is 18.5 Å². The fourth-order valence-electron chi connectivity index (χ4n) is 5.38. The molecule has 3 aliphatic rings. The summed E-state index contributed by atoms with van der Waals surface area (Å²) in [5.74, 6) is 0.877. The van der Waals surface area contributed by atoms with E-state index in [0.29, 0.717) is 24.5 Å². The third kappa shape index (κ3) is 4.72. The lowest BCUT2D eigenvalue weighted by Gasteiger charge is -2.35. The Labute approximate surface area is 197 Å². The van der Waals surface area contributed by atoms with Crippen molar-refractivity contribution in [2.75, 3.05) is 32.8 Å². The van der Waals surface area contributed by atoms with Gasteiger partial charge < -0.3 is 19.3 Å². The third-order valence-electron chi connectivity index (χ3n) is 7.19. The lowest BCUT2D eigenvalue weighted by atomic mass is 9.77. The minimum atomic E-state index is -0.395. The molecule has 3 atom stereocenters. The monoisotopic (exact) mass is 452 g/mol. The molecule has 0 N–H and O–H groups in total. The summed E-state index contributed by atoms with van der Waals surface area (Å²) in [6.45, 7) is 11.9. The second kappa shape index (κ2) is 10.6. The molecule has 1 amide bonds. The molecule has 2 aliphatic heterocycles. The van der Waals surface area contributed by atoms with Gasteiger partial charge in [0.25, 0.3) is 5.91 Å². The van der Waals surface area contributed by atoms with Gasteiger partial charge in [0.05, 0.1) is 17.5 Å². The smallest absolute Gasteiger partial charge is 0.290 e. The topological polar surface area (TPSA) is 59.1 Å². The summed E-state index contributed by atoms with van der Waals surface area (Å²) in [6, 6.07) is 7.32. The maximum absolute atomic E-state index is 13.6. The minimum Gasteiger partial charge on any atom is -0.490 e. The average Bonchev–Trinajstić information content (AvgIpc) is 3.12. The van der Waals surface area contributed by atoms with Crippen LogP contribution < -0.4 is 4.74 Å². The van der Waals surface area contributed by atoms with Crippen LogP contribution in [0.4, 0.5) is 0 Å². The Morgan fingerprint density at radius 1 is 1.15 bits per heavy atom. The van der Waals surface area contributed by atoms with Crippen LogP contribution in [-0.2, 0) is 14.3 Å². The highest BCUT2D eigenvalue weighted by Crippen LogP contribution is 2.46. The van der Waals surface area contributed by atoms with Crippen LogP contribution in [0.5, 0.6) is 5.75 Å². The third-order valence-corrected chi connectivity index (χ3v) is 7.19. The van der Waals surface area contributed by atoms with Crippen molar-refractivity contribution in [2.45, 2.75) is 58.1 Å². The Balaban J connectivity index is 1.63. The standard InChI is InChI=1S/C27H36N2O4/c1-4-18-32-20-14-12-19(13-15-20)24-23-25(30)21-10-7-8-11-22(21)33-26(23)27(31)29(24)17-9-16-28(5-2)6-3/h4,12-15,21-22,24H,1,5-11,16-18H2,2-3H3. The maximum Gasteiger partial charge on any atom is 0.290 e. The number of hydrogen-bond acceptors (Lipinski definition) is 5. The number of ketones is 1. The molecule has 6 nitrogen and oxygen atoms in total. The zero-order valence-corrected chi connectivity index (χ0v) is 19.9. The van der Waals surface area contributed by atoms with Crippen molar-refractivity contribution in [1.29, 1.82) is 0 Å². The van der Waals surface area contributed by atoms with Crippen LogP contribution in [0.25, 0.3) is 0 Å². The number of nitrogens with zero attached hydrogens (tertiary/aromatic N) is 2. The zero-order chi connectivity index (χ0) is 23.4. The van der Waals surface area contributed by atoms with E-state index in [-0.39, 0.29) is 23.7 Å². The maximum atomic E-state index is 13.6. The summed E-state index contributed by atoms with van der Waals surface area (Å²) in [6.07, 6.45) is 6.19. The Morgan fingerprint density at radius 3 is 2.58 bits per heavy atom. The van der Waals surface area contributed by atoms with Crippen LogP contribution in [-0.4, -0.2) is 60.4 Å². The van der Waals surface area contributed by atoms with Crippen molar-refractivity contribution in [3.8, 4) is 5.75 Å². The number of amides is 1. The molecule has 0 bridgehead atoms. The minimum absolute atomic E-state index is 0.109. The van der Waals surface area contributed by atoms with Gasteiger partial charge in [0.15, 0.2) is 11.5 Å². The Hall–Kier alpha value is -2.60. The molecule has 1 aromatic rings. The summed E-state index contributed by atoms with van der Waals surface area (Å²) in [7, 11) is 0. The predicted octanol–water partition coefficient (Wildman–Crippen LogP) is 4.28. The molecule has 0 radical (unpaired) electrons. The van der Waals surface area contributed by atoms with Crippen molar-refractivity contribution in [3.05, 3.63) is 53.8 Å². The molecular formula is C27H36N2O4. The molecule has 33 heavy (non-hydrogen) atoms. The normalized spacial score (nSPS) is 24.6. The summed E-state index contributed by atoms with van der Waals surface area (Å²) in [5.41, 5.74) is 1.49. The fraction of sp³-hybridized carbons (Fsp3) is 0.556. The number of carbonyl (C=O) groups is 2. The van der Waals surface area contributed by atoms with Crippen LogP contribution >= 0.6 is 0 Å². The van der Waals surface area contributed by atoms with Crippen molar-refractivity contribution < 1.29 is 19.1 Å². The highest BCUT2D eigenvalue weighted by molar-refractivity contribution is 6.11. The van der Waals surface area contributed by atoms with Gasteiger partial charge in [0, 0.05) is 6.54 Å². The van der Waals surface area contributed by atoms with Gasteiger partial charge in [-0.15, -0.1) is 0 Å². The lowest BCUT2D eigenvalue weighted by Crippen LogP contribution is -2.39. The number of rotatable bonds is 10. The summed E-state index contributed by atoms with van der Waals surface area (Å²) < 4.78 is 11.9. The summed E-state index contributed by atoms with van der Waals surface area (Å²) in [5, 5.41) is 0. The van der Waals surface area contributed by atoms with E-state index in [1.165, 1.54) is 0 Å². The molecule has 6 heteroatoms. The molecule has 178 valence electrons.